The third kappa shape index (κ3) is 4.91. The Hall–Kier alpha value is -3.86. The Morgan fingerprint density at radius 3 is 2.49 bits per heavy atom. The first-order valence-corrected chi connectivity index (χ1v) is 13.0. The maximum atomic E-state index is 14.0. The lowest BCUT2D eigenvalue weighted by Crippen LogP contribution is -2.39. The molecule has 0 aromatic heterocycles. The van der Waals surface area contributed by atoms with Crippen molar-refractivity contribution in [3.63, 3.8) is 0 Å². The van der Waals surface area contributed by atoms with Gasteiger partial charge >= 0.3 is 0 Å². The summed E-state index contributed by atoms with van der Waals surface area (Å²) in [5.74, 6) is 1.03. The Morgan fingerprint density at radius 2 is 1.76 bits per heavy atom. The minimum Gasteiger partial charge on any atom is -0.497 e. The summed E-state index contributed by atoms with van der Waals surface area (Å²) >= 11 is 0. The van der Waals surface area contributed by atoms with Crippen molar-refractivity contribution in [2.45, 2.75) is 52.0 Å². The number of ketones is 1. The number of methoxy groups -OCH3 is 1. The predicted octanol–water partition coefficient (Wildman–Crippen LogP) is 6.95. The van der Waals surface area contributed by atoms with Gasteiger partial charge in [0.2, 0.25) is 5.91 Å². The number of allylic oxidation sites excluding steroid dienone is 1. The van der Waals surface area contributed by atoms with Gasteiger partial charge in [-0.3, -0.25) is 14.5 Å². The summed E-state index contributed by atoms with van der Waals surface area (Å²) in [6.45, 7) is 6.16. The van der Waals surface area contributed by atoms with Crippen LogP contribution in [0.25, 0.3) is 0 Å². The molecule has 0 unspecified atom stereocenters. The normalized spacial score (nSPS) is 19.2. The molecule has 0 fully saturated rings. The molecule has 0 bridgehead atoms. The van der Waals surface area contributed by atoms with Gasteiger partial charge in [0, 0.05) is 24.1 Å². The van der Waals surface area contributed by atoms with Crippen molar-refractivity contribution in [3.8, 4) is 5.75 Å². The molecule has 1 amide bonds. The molecule has 1 heterocycles. The number of carbonyl (C=O) groups is 2. The molecule has 0 saturated carbocycles. The van der Waals surface area contributed by atoms with E-state index in [0.717, 1.165) is 28.2 Å². The number of hydrogen-bond acceptors (Lipinski definition) is 4. The lowest BCUT2D eigenvalue weighted by atomic mass is 9.78. The minimum atomic E-state index is -0.543. The van der Waals surface area contributed by atoms with Crippen molar-refractivity contribution in [3.05, 3.63) is 101 Å². The fraction of sp³-hybridized carbons (Fsp3) is 0.312. The first-order chi connectivity index (χ1) is 17.9. The van der Waals surface area contributed by atoms with Crippen molar-refractivity contribution in [1.82, 2.24) is 0 Å². The number of ether oxygens (including phenoxy) is 1. The van der Waals surface area contributed by atoms with Crippen molar-refractivity contribution in [2.75, 3.05) is 17.3 Å². The quantitative estimate of drug-likeness (QED) is 0.417. The van der Waals surface area contributed by atoms with Gasteiger partial charge < -0.3 is 10.1 Å². The van der Waals surface area contributed by atoms with Gasteiger partial charge in [0.15, 0.2) is 5.78 Å². The highest BCUT2D eigenvalue weighted by atomic mass is 16.5. The summed E-state index contributed by atoms with van der Waals surface area (Å²) in [6, 6.07) is 23.5. The van der Waals surface area contributed by atoms with Crippen LogP contribution in [-0.2, 0) is 9.59 Å². The monoisotopic (exact) mass is 494 g/mol. The van der Waals surface area contributed by atoms with E-state index in [4.69, 9.17) is 4.74 Å². The van der Waals surface area contributed by atoms with E-state index in [9.17, 15) is 9.59 Å². The number of hydrogen-bond donors (Lipinski definition) is 1. The average molecular weight is 495 g/mol. The first kappa shape index (κ1) is 24.8. The number of anilines is 2. The van der Waals surface area contributed by atoms with E-state index in [2.05, 4.69) is 36.5 Å². The van der Waals surface area contributed by atoms with Gasteiger partial charge in [0.1, 0.15) is 5.75 Å². The summed E-state index contributed by atoms with van der Waals surface area (Å²) in [6.07, 6.45) is 1.50. The number of fused-ring (bicyclic) bond motifs is 1. The molecule has 37 heavy (non-hydrogen) atoms. The number of amides is 1. The highest BCUT2D eigenvalue weighted by Crippen LogP contribution is 2.48. The lowest BCUT2D eigenvalue weighted by Gasteiger charge is -2.35. The van der Waals surface area contributed by atoms with Crippen LogP contribution in [0.5, 0.6) is 5.75 Å². The van der Waals surface area contributed by atoms with E-state index in [-0.39, 0.29) is 23.5 Å². The largest absolute Gasteiger partial charge is 0.497 e. The predicted molar refractivity (Wildman–Crippen MR) is 148 cm³/mol. The lowest BCUT2D eigenvalue weighted by molar-refractivity contribution is -0.119. The average Bonchev–Trinajstić information content (AvgIpc) is 3.03. The van der Waals surface area contributed by atoms with E-state index in [1.165, 1.54) is 5.56 Å². The van der Waals surface area contributed by atoms with Crippen LogP contribution in [0.3, 0.4) is 0 Å². The molecule has 3 aromatic carbocycles. The highest BCUT2D eigenvalue weighted by molar-refractivity contribution is 6.06. The Morgan fingerprint density at radius 1 is 1.00 bits per heavy atom. The Kier molecular flexibility index (Phi) is 6.88. The van der Waals surface area contributed by atoms with E-state index in [1.54, 1.807) is 7.11 Å². The number of benzene rings is 3. The molecule has 0 saturated heterocycles. The molecule has 1 N–H and O–H groups in total. The Balaban J connectivity index is 1.70. The standard InChI is InChI=1S/C32H34N2O3/c1-20(2)16-30(36)34-28-11-6-5-10-26(28)33-27-18-24(22-14-12-21(3)13-15-22)19-29(35)31(27)32(34)23-8-7-9-25(17-23)37-4/h5-15,17,20,24,32-33H,16,18-19H2,1-4H3/t24-,32-/m0/s1. The van der Waals surface area contributed by atoms with Crippen LogP contribution in [0.1, 0.15) is 61.8 Å². The van der Waals surface area contributed by atoms with Crippen LogP contribution in [-0.4, -0.2) is 18.8 Å². The fourth-order valence-electron chi connectivity index (χ4n) is 5.51. The van der Waals surface area contributed by atoms with Gasteiger partial charge in [0.05, 0.1) is 24.5 Å². The highest BCUT2D eigenvalue weighted by Gasteiger charge is 2.41. The van der Waals surface area contributed by atoms with E-state index in [1.807, 2.05) is 67.3 Å². The maximum absolute atomic E-state index is 14.0. The zero-order valence-electron chi connectivity index (χ0n) is 22.0. The molecule has 0 spiro atoms. The van der Waals surface area contributed by atoms with Crippen LogP contribution in [0.2, 0.25) is 0 Å². The first-order valence-electron chi connectivity index (χ1n) is 13.0. The topological polar surface area (TPSA) is 58.6 Å². The van der Waals surface area contributed by atoms with E-state index >= 15 is 0 Å². The smallest absolute Gasteiger partial charge is 0.228 e. The Bertz CT molecular complexity index is 1360. The second kappa shape index (κ2) is 10.3. The molecule has 5 nitrogen and oxygen atoms in total. The number of carbonyl (C=O) groups excluding carboxylic acids is 2. The zero-order valence-corrected chi connectivity index (χ0v) is 22.0. The molecule has 0 radical (unpaired) electrons. The van der Waals surface area contributed by atoms with Crippen molar-refractivity contribution in [1.29, 1.82) is 0 Å². The third-order valence-electron chi connectivity index (χ3n) is 7.30. The SMILES string of the molecule is COc1cccc([C@H]2C3=C(C[C@H](c4ccc(C)cc4)CC3=O)Nc3ccccc3N2C(=O)CC(C)C)c1. The van der Waals surface area contributed by atoms with Crippen molar-refractivity contribution in [2.24, 2.45) is 5.92 Å². The molecule has 1 aliphatic carbocycles. The van der Waals surface area contributed by atoms with Gasteiger partial charge in [-0.05, 0) is 60.6 Å². The van der Waals surface area contributed by atoms with Crippen LogP contribution >= 0.6 is 0 Å². The van der Waals surface area contributed by atoms with Crippen LogP contribution in [0.15, 0.2) is 84.1 Å². The van der Waals surface area contributed by atoms with Gasteiger partial charge in [-0.2, -0.15) is 0 Å². The number of Topliss-reactive ketones (excluding diaryl/α,β-unsaturated/α-hetero) is 1. The molecule has 2 aliphatic rings. The van der Waals surface area contributed by atoms with Gasteiger partial charge in [-0.1, -0.05) is 67.9 Å². The van der Waals surface area contributed by atoms with Crippen molar-refractivity contribution >= 4 is 23.1 Å². The van der Waals surface area contributed by atoms with Crippen LogP contribution < -0.4 is 15.0 Å². The fourth-order valence-corrected chi connectivity index (χ4v) is 5.51. The number of rotatable bonds is 5. The molecule has 5 rings (SSSR count). The Labute approximate surface area is 219 Å². The molecular weight excluding hydrogens is 460 g/mol. The summed E-state index contributed by atoms with van der Waals surface area (Å²) in [5, 5.41) is 3.60. The zero-order chi connectivity index (χ0) is 26.1. The summed E-state index contributed by atoms with van der Waals surface area (Å²) in [5.41, 5.74) is 6.42. The van der Waals surface area contributed by atoms with Gasteiger partial charge in [0.25, 0.3) is 0 Å². The second-order valence-electron chi connectivity index (χ2n) is 10.5. The van der Waals surface area contributed by atoms with Crippen LogP contribution in [0.4, 0.5) is 11.4 Å². The van der Waals surface area contributed by atoms with E-state index < -0.39 is 6.04 Å². The third-order valence-corrected chi connectivity index (χ3v) is 7.30. The maximum Gasteiger partial charge on any atom is 0.228 e. The van der Waals surface area contributed by atoms with Gasteiger partial charge in [-0.25, -0.2) is 0 Å². The van der Waals surface area contributed by atoms with Crippen molar-refractivity contribution < 1.29 is 14.3 Å². The van der Waals surface area contributed by atoms with Gasteiger partial charge in [-0.15, -0.1) is 0 Å². The molecule has 2 atom stereocenters. The minimum absolute atomic E-state index is 0.000669. The number of nitrogens with zero attached hydrogens (tertiary/aromatic N) is 1. The number of para-hydroxylation sites is 2. The number of aryl methyl sites for hydroxylation is 1. The molecule has 5 heteroatoms. The molecule has 1 aliphatic heterocycles. The van der Waals surface area contributed by atoms with E-state index in [0.29, 0.717) is 30.6 Å². The summed E-state index contributed by atoms with van der Waals surface area (Å²) in [4.78, 5) is 29.8. The molecule has 3 aromatic rings. The molecule has 190 valence electrons. The second-order valence-corrected chi connectivity index (χ2v) is 10.5. The summed E-state index contributed by atoms with van der Waals surface area (Å²) < 4.78 is 5.53. The van der Waals surface area contributed by atoms with Crippen LogP contribution in [0, 0.1) is 12.8 Å². The number of nitrogens with one attached hydrogen (secondary N) is 1. The molecular formula is C32H34N2O3. The summed E-state index contributed by atoms with van der Waals surface area (Å²) in [7, 11) is 1.63.